The number of likely N-dealkylation sites (tertiary alicyclic amines) is 1. The van der Waals surface area contributed by atoms with Crippen LogP contribution in [-0.2, 0) is 24.1 Å². The number of ether oxygens (including phenoxy) is 1. The Bertz CT molecular complexity index is 1170. The Balaban J connectivity index is 1.43. The summed E-state index contributed by atoms with van der Waals surface area (Å²) in [7, 11) is 1.62. The van der Waals surface area contributed by atoms with Crippen LogP contribution in [0.15, 0.2) is 29.1 Å². The van der Waals surface area contributed by atoms with Crippen LogP contribution in [0.2, 0.25) is 0 Å². The molecule has 3 aromatic rings. The summed E-state index contributed by atoms with van der Waals surface area (Å²) < 4.78 is 5.27. The van der Waals surface area contributed by atoms with E-state index in [9.17, 15) is 9.59 Å². The van der Waals surface area contributed by atoms with Gasteiger partial charge in [-0.2, -0.15) is 0 Å². The van der Waals surface area contributed by atoms with Crippen molar-refractivity contribution in [2.24, 2.45) is 0 Å². The molecule has 0 radical (unpaired) electrons. The number of nitrogens with one attached hydrogen (secondary N) is 1. The molecule has 1 unspecified atom stereocenters. The third-order valence-corrected chi connectivity index (χ3v) is 7.41. The number of nitrogens with zero attached hydrogens (tertiary/aromatic N) is 2. The Morgan fingerprint density at radius 1 is 1.30 bits per heavy atom. The number of thiophene rings is 1. The minimum Gasteiger partial charge on any atom is -0.497 e. The first-order chi connectivity index (χ1) is 14.6. The van der Waals surface area contributed by atoms with Gasteiger partial charge in [0.05, 0.1) is 25.0 Å². The van der Waals surface area contributed by atoms with Gasteiger partial charge in [-0.05, 0) is 61.8 Å². The number of H-pyrrole nitrogens is 1. The van der Waals surface area contributed by atoms with E-state index in [-0.39, 0.29) is 17.5 Å². The highest BCUT2D eigenvalue weighted by Crippen LogP contribution is 2.36. The van der Waals surface area contributed by atoms with Gasteiger partial charge < -0.3 is 14.6 Å². The summed E-state index contributed by atoms with van der Waals surface area (Å²) in [6, 6.07) is 7.43. The van der Waals surface area contributed by atoms with E-state index in [1.54, 1.807) is 18.4 Å². The minimum absolute atomic E-state index is 0.0542. The Kier molecular flexibility index (Phi) is 5.06. The summed E-state index contributed by atoms with van der Waals surface area (Å²) in [4.78, 5) is 37.9. The highest BCUT2D eigenvalue weighted by Gasteiger charge is 2.32. The number of amides is 1. The van der Waals surface area contributed by atoms with Gasteiger partial charge in [0.1, 0.15) is 16.4 Å². The molecule has 1 fully saturated rings. The van der Waals surface area contributed by atoms with Gasteiger partial charge in [-0.25, -0.2) is 4.98 Å². The maximum atomic E-state index is 13.1. The third-order valence-electron chi connectivity index (χ3n) is 6.22. The molecule has 0 spiro atoms. The van der Waals surface area contributed by atoms with Gasteiger partial charge in [-0.15, -0.1) is 11.3 Å². The molecule has 30 heavy (non-hydrogen) atoms. The molecule has 2 aromatic heterocycles. The lowest BCUT2D eigenvalue weighted by molar-refractivity contribution is -0.131. The van der Waals surface area contributed by atoms with E-state index in [1.807, 2.05) is 29.2 Å². The molecule has 0 saturated carbocycles. The second-order valence-corrected chi connectivity index (χ2v) is 9.20. The van der Waals surface area contributed by atoms with E-state index in [2.05, 4.69) is 4.98 Å². The zero-order valence-electron chi connectivity index (χ0n) is 17.1. The number of carbonyl (C=O) groups is 1. The Hall–Kier alpha value is -2.67. The normalized spacial score (nSPS) is 18.6. The molecule has 1 amide bonds. The molecule has 1 N–H and O–H groups in total. The molecule has 1 aromatic carbocycles. The number of aryl methyl sites for hydroxylation is 2. The van der Waals surface area contributed by atoms with Gasteiger partial charge in [0.15, 0.2) is 0 Å². The number of hydrogen-bond acceptors (Lipinski definition) is 5. The number of hydrogen-bond donors (Lipinski definition) is 1. The zero-order valence-corrected chi connectivity index (χ0v) is 17.9. The molecular weight excluding hydrogens is 398 g/mol. The van der Waals surface area contributed by atoms with Gasteiger partial charge >= 0.3 is 0 Å². The molecular formula is C23H25N3O3S. The van der Waals surface area contributed by atoms with Crippen molar-refractivity contribution in [3.8, 4) is 5.75 Å². The van der Waals surface area contributed by atoms with E-state index < -0.39 is 0 Å². The fourth-order valence-electron chi connectivity index (χ4n) is 4.75. The van der Waals surface area contributed by atoms with Gasteiger partial charge in [-0.3, -0.25) is 9.59 Å². The number of methoxy groups -OCH3 is 1. The fraction of sp³-hybridized carbons (Fsp3) is 0.435. The average molecular weight is 424 g/mol. The summed E-state index contributed by atoms with van der Waals surface area (Å²) in [5, 5.41) is 0.769. The van der Waals surface area contributed by atoms with E-state index in [0.29, 0.717) is 18.8 Å². The van der Waals surface area contributed by atoms with Crippen LogP contribution in [0.1, 0.15) is 53.6 Å². The molecule has 156 valence electrons. The first kappa shape index (κ1) is 19.3. The molecule has 1 atom stereocenters. The fourth-order valence-corrected chi connectivity index (χ4v) is 6.02. The summed E-state index contributed by atoms with van der Waals surface area (Å²) in [6.45, 7) is 0.691. The maximum absolute atomic E-state index is 13.1. The predicted octanol–water partition coefficient (Wildman–Crippen LogP) is 3.78. The zero-order chi connectivity index (χ0) is 20.7. The third kappa shape index (κ3) is 3.41. The lowest BCUT2D eigenvalue weighted by atomic mass is 9.97. The minimum atomic E-state index is -0.167. The van der Waals surface area contributed by atoms with Crippen molar-refractivity contribution in [1.29, 1.82) is 0 Å². The van der Waals surface area contributed by atoms with Crippen molar-refractivity contribution in [2.75, 3.05) is 13.7 Å². The monoisotopic (exact) mass is 423 g/mol. The van der Waals surface area contributed by atoms with Crippen LogP contribution in [0.5, 0.6) is 5.75 Å². The summed E-state index contributed by atoms with van der Waals surface area (Å²) >= 11 is 1.65. The Labute approximate surface area is 178 Å². The standard InChI is InChI=1S/C23H25N3O3S/c1-29-15-7-4-6-14(12-15)13-19(27)26-11-5-9-17(26)21-24-22(28)20-16-8-2-3-10-18(16)30-23(20)25-21/h4,6-7,12,17H,2-3,5,8-11,13H2,1H3,(H,24,25,28). The SMILES string of the molecule is COc1cccc(CC(=O)N2CCCC2c2nc3sc4c(c3c(=O)[nH]2)CCCC4)c1. The second-order valence-electron chi connectivity index (χ2n) is 8.12. The van der Waals surface area contributed by atoms with Crippen LogP contribution in [-0.4, -0.2) is 34.4 Å². The lowest BCUT2D eigenvalue weighted by Crippen LogP contribution is -2.33. The van der Waals surface area contributed by atoms with Crippen LogP contribution in [0, 0.1) is 0 Å². The average Bonchev–Trinajstić information content (AvgIpc) is 3.38. The molecule has 1 aliphatic carbocycles. The van der Waals surface area contributed by atoms with Gasteiger partial charge in [0.2, 0.25) is 5.91 Å². The number of fused-ring (bicyclic) bond motifs is 3. The summed E-state index contributed by atoms with van der Waals surface area (Å²) in [5.74, 6) is 1.43. The van der Waals surface area contributed by atoms with Gasteiger partial charge in [0, 0.05) is 11.4 Å². The smallest absolute Gasteiger partial charge is 0.259 e. The molecule has 0 bridgehead atoms. The van der Waals surface area contributed by atoms with Crippen LogP contribution in [0.25, 0.3) is 10.2 Å². The van der Waals surface area contributed by atoms with Crippen LogP contribution in [0.3, 0.4) is 0 Å². The molecule has 3 heterocycles. The van der Waals surface area contributed by atoms with Crippen LogP contribution >= 0.6 is 11.3 Å². The molecule has 5 rings (SSSR count). The van der Waals surface area contributed by atoms with Crippen molar-refractivity contribution in [2.45, 2.75) is 51.0 Å². The first-order valence-electron chi connectivity index (χ1n) is 10.6. The number of benzene rings is 1. The van der Waals surface area contributed by atoms with Crippen LogP contribution in [0.4, 0.5) is 0 Å². The van der Waals surface area contributed by atoms with E-state index in [1.165, 1.54) is 16.9 Å². The largest absolute Gasteiger partial charge is 0.497 e. The molecule has 2 aliphatic rings. The quantitative estimate of drug-likeness (QED) is 0.693. The highest BCUT2D eigenvalue weighted by atomic mass is 32.1. The Morgan fingerprint density at radius 2 is 2.17 bits per heavy atom. The van der Waals surface area contributed by atoms with Crippen molar-refractivity contribution < 1.29 is 9.53 Å². The number of carbonyl (C=O) groups excluding carboxylic acids is 1. The van der Waals surface area contributed by atoms with Gasteiger partial charge in [-0.1, -0.05) is 12.1 Å². The second kappa shape index (κ2) is 7.87. The highest BCUT2D eigenvalue weighted by molar-refractivity contribution is 7.18. The van der Waals surface area contributed by atoms with Crippen LogP contribution < -0.4 is 10.3 Å². The Morgan fingerprint density at radius 3 is 3.03 bits per heavy atom. The summed E-state index contributed by atoms with van der Waals surface area (Å²) in [5.41, 5.74) is 2.06. The van der Waals surface area contributed by atoms with E-state index in [4.69, 9.17) is 9.72 Å². The lowest BCUT2D eigenvalue weighted by Gasteiger charge is -2.24. The van der Waals surface area contributed by atoms with Crippen molar-refractivity contribution in [3.63, 3.8) is 0 Å². The van der Waals surface area contributed by atoms with E-state index in [0.717, 1.165) is 53.6 Å². The predicted molar refractivity (Wildman–Crippen MR) is 117 cm³/mol. The number of aromatic nitrogens is 2. The molecule has 7 heteroatoms. The van der Waals surface area contributed by atoms with E-state index >= 15 is 0 Å². The number of aromatic amines is 1. The summed E-state index contributed by atoms with van der Waals surface area (Å²) in [6.07, 6.45) is 6.37. The van der Waals surface area contributed by atoms with Gasteiger partial charge in [0.25, 0.3) is 5.56 Å². The molecule has 1 saturated heterocycles. The molecule has 1 aliphatic heterocycles. The van der Waals surface area contributed by atoms with Crippen molar-refractivity contribution in [1.82, 2.24) is 14.9 Å². The first-order valence-corrected chi connectivity index (χ1v) is 11.4. The maximum Gasteiger partial charge on any atom is 0.259 e. The molecule has 6 nitrogen and oxygen atoms in total. The topological polar surface area (TPSA) is 75.3 Å². The van der Waals surface area contributed by atoms with Crippen molar-refractivity contribution in [3.05, 3.63) is 56.4 Å². The number of rotatable bonds is 4. The van der Waals surface area contributed by atoms with Crippen molar-refractivity contribution >= 4 is 27.5 Å².